The van der Waals surface area contributed by atoms with Crippen molar-refractivity contribution >= 4 is 40.0 Å². The molecular formula is C20H24Cl2O3S. The number of carboxylic acid groups (broad SMARTS) is 1. The van der Waals surface area contributed by atoms with Gasteiger partial charge in [0.15, 0.2) is 0 Å². The number of carbonyl (C=O) groups is 1. The van der Waals surface area contributed by atoms with Gasteiger partial charge in [-0.1, -0.05) is 56.1 Å². The summed E-state index contributed by atoms with van der Waals surface area (Å²) in [6.07, 6.45) is 2.57. The monoisotopic (exact) mass is 414 g/mol. The first-order valence-electron chi connectivity index (χ1n) is 8.40. The summed E-state index contributed by atoms with van der Waals surface area (Å²) < 4.78 is 11.5. The van der Waals surface area contributed by atoms with Crippen molar-refractivity contribution in [3.63, 3.8) is 0 Å². The number of rotatable bonds is 6. The lowest BCUT2D eigenvalue weighted by atomic mass is 9.93. The zero-order valence-electron chi connectivity index (χ0n) is 15.4. The van der Waals surface area contributed by atoms with Crippen LogP contribution in [0.5, 0.6) is 0 Å². The van der Waals surface area contributed by atoms with Crippen LogP contribution in [0.25, 0.3) is 0 Å². The summed E-state index contributed by atoms with van der Waals surface area (Å²) in [6, 6.07) is 10.8. The van der Waals surface area contributed by atoms with Gasteiger partial charge in [0.05, 0.1) is 5.92 Å². The smallest absolute Gasteiger partial charge is 0.306 e. The molecule has 2 aromatic carbocycles. The highest BCUT2D eigenvalue weighted by Crippen LogP contribution is 2.26. The van der Waals surface area contributed by atoms with Crippen LogP contribution in [0.2, 0.25) is 10.0 Å². The van der Waals surface area contributed by atoms with Crippen molar-refractivity contribution in [1.82, 2.24) is 0 Å². The Bertz CT molecular complexity index is 791. The van der Waals surface area contributed by atoms with Crippen LogP contribution in [-0.2, 0) is 28.4 Å². The number of hydrogen-bond acceptors (Lipinski definition) is 2. The van der Waals surface area contributed by atoms with E-state index < -0.39 is 22.7 Å². The first kappa shape index (κ1) is 22.7. The van der Waals surface area contributed by atoms with E-state index in [9.17, 15) is 9.00 Å². The fraction of sp³-hybridized carbons (Fsp3) is 0.350. The summed E-state index contributed by atoms with van der Waals surface area (Å²) in [5.41, 5.74) is 2.77. The molecular weight excluding hydrogens is 391 g/mol. The van der Waals surface area contributed by atoms with Gasteiger partial charge in [-0.2, -0.15) is 0 Å². The van der Waals surface area contributed by atoms with Crippen LogP contribution in [0.1, 0.15) is 37.5 Å². The van der Waals surface area contributed by atoms with Crippen LogP contribution in [0.15, 0.2) is 41.3 Å². The third kappa shape index (κ3) is 6.42. The number of aliphatic carboxylic acids is 1. The maximum Gasteiger partial charge on any atom is 0.306 e. The molecule has 0 heterocycles. The molecule has 2 rings (SSSR count). The Labute approximate surface area is 167 Å². The molecule has 26 heavy (non-hydrogen) atoms. The van der Waals surface area contributed by atoms with E-state index in [-0.39, 0.29) is 0 Å². The van der Waals surface area contributed by atoms with E-state index in [4.69, 9.17) is 28.3 Å². The van der Waals surface area contributed by atoms with Crippen LogP contribution >= 0.6 is 23.2 Å². The van der Waals surface area contributed by atoms with Gasteiger partial charge < -0.3 is 5.11 Å². The zero-order chi connectivity index (χ0) is 19.9. The highest BCUT2D eigenvalue weighted by molar-refractivity contribution is 7.84. The van der Waals surface area contributed by atoms with E-state index in [2.05, 4.69) is 0 Å². The number of halogens is 2. The van der Waals surface area contributed by atoms with Gasteiger partial charge in [0.25, 0.3) is 0 Å². The summed E-state index contributed by atoms with van der Waals surface area (Å²) in [4.78, 5) is 11.8. The summed E-state index contributed by atoms with van der Waals surface area (Å²) in [6.45, 7) is 5.68. The normalized spacial score (nSPS) is 12.7. The van der Waals surface area contributed by atoms with Gasteiger partial charge in [0.1, 0.15) is 0 Å². The molecule has 0 amide bonds. The number of carboxylic acids is 1. The van der Waals surface area contributed by atoms with Crippen molar-refractivity contribution in [3.05, 3.63) is 63.1 Å². The van der Waals surface area contributed by atoms with Crippen molar-refractivity contribution in [1.29, 1.82) is 0 Å². The van der Waals surface area contributed by atoms with Crippen molar-refractivity contribution < 1.29 is 14.1 Å². The first-order chi connectivity index (χ1) is 12.3. The average molecular weight is 415 g/mol. The number of hydrogen-bond donors (Lipinski definition) is 1. The van der Waals surface area contributed by atoms with Gasteiger partial charge in [0, 0.05) is 32.0 Å². The van der Waals surface area contributed by atoms with Gasteiger partial charge in [-0.3, -0.25) is 9.00 Å². The third-order valence-corrected chi connectivity index (χ3v) is 5.36. The van der Waals surface area contributed by atoms with Crippen molar-refractivity contribution in [2.45, 2.75) is 38.5 Å². The van der Waals surface area contributed by atoms with E-state index in [0.29, 0.717) is 27.8 Å². The highest BCUT2D eigenvalue weighted by Gasteiger charge is 2.15. The standard InChI is InChI=1S/C18H18Cl2O3S.C2H6/c1-11(18(21)22)7-12-3-5-15(19)9-14(12)8-13-4-6-16(24(2)23)10-17(13)20;1-2/h3-6,9-11H,7-8H2,1-2H3,(H,21,22);1-2H3. The third-order valence-electron chi connectivity index (χ3n) is 3.85. The molecule has 0 fully saturated rings. The van der Waals surface area contributed by atoms with E-state index in [1.165, 1.54) is 0 Å². The van der Waals surface area contributed by atoms with Crippen LogP contribution in [0.3, 0.4) is 0 Å². The minimum absolute atomic E-state index is 0.427. The van der Waals surface area contributed by atoms with Crippen molar-refractivity contribution in [3.8, 4) is 0 Å². The van der Waals surface area contributed by atoms with E-state index in [0.717, 1.165) is 16.7 Å². The van der Waals surface area contributed by atoms with Crippen LogP contribution < -0.4 is 0 Å². The predicted octanol–water partition coefficient (Wildman–Crippen LogP) is 5.61. The minimum atomic E-state index is -1.09. The minimum Gasteiger partial charge on any atom is -0.481 e. The summed E-state index contributed by atoms with van der Waals surface area (Å²) in [7, 11) is -1.09. The molecule has 0 saturated carbocycles. The maximum atomic E-state index is 11.5. The summed E-state index contributed by atoms with van der Waals surface area (Å²) >= 11 is 12.4. The zero-order valence-corrected chi connectivity index (χ0v) is 17.7. The van der Waals surface area contributed by atoms with E-state index in [1.807, 2.05) is 32.0 Å². The van der Waals surface area contributed by atoms with Crippen LogP contribution in [0, 0.1) is 5.92 Å². The predicted molar refractivity (Wildman–Crippen MR) is 110 cm³/mol. The van der Waals surface area contributed by atoms with Gasteiger partial charge in [-0.05, 0) is 53.8 Å². The topological polar surface area (TPSA) is 54.4 Å². The lowest BCUT2D eigenvalue weighted by molar-refractivity contribution is -0.141. The maximum absolute atomic E-state index is 11.5. The van der Waals surface area contributed by atoms with Gasteiger partial charge in [-0.15, -0.1) is 0 Å². The second kappa shape index (κ2) is 10.7. The SMILES string of the molecule is CC.CC(Cc1ccc(Cl)cc1Cc1ccc(S(C)=O)cc1Cl)C(=O)O. The van der Waals surface area contributed by atoms with Crippen molar-refractivity contribution in [2.75, 3.05) is 6.26 Å². The van der Waals surface area contributed by atoms with Gasteiger partial charge >= 0.3 is 5.97 Å². The largest absolute Gasteiger partial charge is 0.481 e. The van der Waals surface area contributed by atoms with Crippen LogP contribution in [-0.4, -0.2) is 21.5 Å². The van der Waals surface area contributed by atoms with Crippen molar-refractivity contribution in [2.24, 2.45) is 5.92 Å². The second-order valence-electron chi connectivity index (χ2n) is 5.74. The van der Waals surface area contributed by atoms with E-state index in [1.54, 1.807) is 31.4 Å². The Kier molecular flexibility index (Phi) is 9.34. The molecule has 142 valence electrons. The first-order valence-corrected chi connectivity index (χ1v) is 10.7. The Morgan fingerprint density at radius 1 is 1.08 bits per heavy atom. The molecule has 0 bridgehead atoms. The molecule has 2 atom stereocenters. The quantitative estimate of drug-likeness (QED) is 0.667. The molecule has 0 aromatic heterocycles. The molecule has 0 saturated heterocycles. The second-order valence-corrected chi connectivity index (χ2v) is 7.96. The Hall–Kier alpha value is -1.36. The van der Waals surface area contributed by atoms with E-state index >= 15 is 0 Å². The molecule has 2 unspecified atom stereocenters. The highest BCUT2D eigenvalue weighted by atomic mass is 35.5. The Morgan fingerprint density at radius 3 is 2.23 bits per heavy atom. The molecule has 0 spiro atoms. The van der Waals surface area contributed by atoms with Gasteiger partial charge in [-0.25, -0.2) is 0 Å². The molecule has 0 aliphatic rings. The summed E-state index contributed by atoms with van der Waals surface area (Å²) in [5, 5.41) is 10.3. The molecule has 0 radical (unpaired) electrons. The molecule has 0 aliphatic heterocycles. The lowest BCUT2D eigenvalue weighted by Gasteiger charge is -2.14. The average Bonchev–Trinajstić information content (AvgIpc) is 2.60. The summed E-state index contributed by atoms with van der Waals surface area (Å²) in [5.74, 6) is -1.31. The molecule has 2 aromatic rings. The number of benzene rings is 2. The van der Waals surface area contributed by atoms with Gasteiger partial charge in [0.2, 0.25) is 0 Å². The molecule has 3 nitrogen and oxygen atoms in total. The molecule has 1 N–H and O–H groups in total. The lowest BCUT2D eigenvalue weighted by Crippen LogP contribution is -2.13. The Balaban J connectivity index is 0.00000163. The van der Waals surface area contributed by atoms with Crippen LogP contribution in [0.4, 0.5) is 0 Å². The molecule has 0 aliphatic carbocycles. The molecule has 6 heteroatoms. The fourth-order valence-corrected chi connectivity index (χ4v) is 3.48. The fourth-order valence-electron chi connectivity index (χ4n) is 2.43. The Morgan fingerprint density at radius 2 is 1.69 bits per heavy atom.